The number of nitrogens with zero attached hydrogens (tertiary/aromatic N) is 2. The smallest absolute Gasteiger partial charge is 0.407 e. The number of hydrogen-bond acceptors (Lipinski definition) is 8. The summed E-state index contributed by atoms with van der Waals surface area (Å²) in [5.41, 5.74) is 1.70. The fourth-order valence-electron chi connectivity index (χ4n) is 6.88. The second-order valence-corrected chi connectivity index (χ2v) is 13.4. The van der Waals surface area contributed by atoms with Gasteiger partial charge >= 0.3 is 12.1 Å². The molecule has 3 aromatic rings. The summed E-state index contributed by atoms with van der Waals surface area (Å²) in [4.78, 5) is 56.3. The monoisotopic (exact) mass is 634 g/mol. The van der Waals surface area contributed by atoms with Crippen molar-refractivity contribution in [1.82, 2.24) is 20.2 Å². The minimum absolute atomic E-state index is 0.0179. The average molecular weight is 635 g/mol. The number of aliphatic hydroxyl groups is 1. The number of carbonyl (C=O) groups is 3. The number of carbonyl (C=O) groups excluding carboxylic acids is 3. The van der Waals surface area contributed by atoms with Crippen LogP contribution in [-0.2, 0) is 44.2 Å². The van der Waals surface area contributed by atoms with E-state index >= 15 is 4.39 Å². The molecule has 244 valence electrons. The number of cyclic esters (lactones) is 1. The molecule has 0 saturated carbocycles. The van der Waals surface area contributed by atoms with Crippen LogP contribution in [0.15, 0.2) is 16.9 Å². The molecule has 0 saturated heterocycles. The lowest BCUT2D eigenvalue weighted by molar-refractivity contribution is -0.172. The largest absolute Gasteiger partial charge is 0.458 e. The molecule has 11 nitrogen and oxygen atoms in total. The van der Waals surface area contributed by atoms with Crippen molar-refractivity contribution in [2.75, 3.05) is 6.54 Å². The molecular formula is C34H39FN4O7. The van der Waals surface area contributed by atoms with Gasteiger partial charge in [-0.15, -0.1) is 0 Å². The number of esters is 1. The molecule has 2 atom stereocenters. The molecule has 1 aliphatic carbocycles. The first-order valence-electron chi connectivity index (χ1n) is 15.8. The summed E-state index contributed by atoms with van der Waals surface area (Å²) in [6.07, 6.45) is 1.98. The van der Waals surface area contributed by atoms with Gasteiger partial charge in [-0.1, -0.05) is 6.92 Å². The Morgan fingerprint density at radius 3 is 2.67 bits per heavy atom. The number of aromatic nitrogens is 2. The predicted octanol–water partition coefficient (Wildman–Crippen LogP) is 4.33. The van der Waals surface area contributed by atoms with Gasteiger partial charge in [0.25, 0.3) is 5.56 Å². The first-order chi connectivity index (χ1) is 21.7. The van der Waals surface area contributed by atoms with E-state index < -0.39 is 29.3 Å². The van der Waals surface area contributed by atoms with Gasteiger partial charge in [0.05, 0.1) is 35.1 Å². The molecule has 2 aliphatic heterocycles. The standard InChI is InChI=1S/C34H39FN4O7/c1-6-34(44)21-13-25-29-19(15-39(25)30(41)20(21)16-45-31(34)42)28-23(11-10-18-17(2)22(35)14-24(38-29)27(18)28)37-26(40)9-7-8-12-36-32(43)46-33(3,4)5/h13-14,23,44H,6-12,15-16H2,1-5H3,(H,36,43)(H,37,40)/t23-,34-/m0/s1. The normalized spacial score (nSPS) is 19.6. The number of alkyl carbamates (subject to hydrolysis) is 1. The second-order valence-electron chi connectivity index (χ2n) is 13.4. The Hall–Kier alpha value is -4.32. The van der Waals surface area contributed by atoms with Crippen molar-refractivity contribution in [3.63, 3.8) is 0 Å². The highest BCUT2D eigenvalue weighted by Gasteiger charge is 2.46. The lowest BCUT2D eigenvalue weighted by Gasteiger charge is -2.31. The zero-order chi connectivity index (χ0) is 33.1. The molecule has 6 rings (SSSR count). The number of nitrogens with one attached hydrogen (secondary N) is 2. The SMILES string of the molecule is CC[C@@]1(O)C(=O)OCc2c1cc1n(c2=O)Cc2c-1nc1cc(F)c(C)c3c1c2[C@@H](NC(=O)CCCCNC(=O)OC(C)(C)C)CC3. The molecule has 2 amide bonds. The third-order valence-electron chi connectivity index (χ3n) is 9.21. The maximum Gasteiger partial charge on any atom is 0.407 e. The van der Waals surface area contributed by atoms with E-state index in [1.54, 1.807) is 45.3 Å². The maximum absolute atomic E-state index is 15.1. The molecule has 0 radical (unpaired) electrons. The molecule has 3 N–H and O–H groups in total. The fourth-order valence-corrected chi connectivity index (χ4v) is 6.88. The molecular weight excluding hydrogens is 595 g/mol. The maximum atomic E-state index is 15.1. The van der Waals surface area contributed by atoms with Gasteiger partial charge in [-0.2, -0.15) is 0 Å². The average Bonchev–Trinajstić information content (AvgIpc) is 3.36. The third kappa shape index (κ3) is 5.32. The van der Waals surface area contributed by atoms with Crippen LogP contribution in [0.4, 0.5) is 9.18 Å². The molecule has 12 heteroatoms. The van der Waals surface area contributed by atoms with Gasteiger partial charge in [0.1, 0.15) is 18.0 Å². The van der Waals surface area contributed by atoms with E-state index in [0.29, 0.717) is 54.7 Å². The van der Waals surface area contributed by atoms with E-state index in [1.807, 2.05) is 0 Å². The van der Waals surface area contributed by atoms with Crippen LogP contribution in [0.25, 0.3) is 22.3 Å². The van der Waals surface area contributed by atoms with E-state index in [2.05, 4.69) is 10.6 Å². The van der Waals surface area contributed by atoms with Crippen molar-refractivity contribution in [2.24, 2.45) is 0 Å². The molecule has 0 unspecified atom stereocenters. The van der Waals surface area contributed by atoms with Crippen LogP contribution in [-0.4, -0.2) is 44.8 Å². The van der Waals surface area contributed by atoms with E-state index in [1.165, 1.54) is 6.07 Å². The number of benzene rings is 1. The molecule has 4 heterocycles. The number of halogens is 1. The Bertz CT molecular complexity index is 1860. The van der Waals surface area contributed by atoms with Crippen molar-refractivity contribution >= 4 is 28.9 Å². The molecule has 0 bridgehead atoms. The van der Waals surface area contributed by atoms with Crippen molar-refractivity contribution in [1.29, 1.82) is 0 Å². The summed E-state index contributed by atoms with van der Waals surface area (Å²) in [6, 6.07) is 2.62. The van der Waals surface area contributed by atoms with Crippen LogP contribution >= 0.6 is 0 Å². The Labute approximate surface area is 265 Å². The number of aryl methyl sites for hydroxylation is 1. The molecule has 0 fully saturated rings. The van der Waals surface area contributed by atoms with Gasteiger partial charge in [0, 0.05) is 35.5 Å². The minimum Gasteiger partial charge on any atom is -0.458 e. The molecule has 1 aromatic carbocycles. The summed E-state index contributed by atoms with van der Waals surface area (Å²) in [5.74, 6) is -1.35. The van der Waals surface area contributed by atoms with Gasteiger partial charge in [-0.25, -0.2) is 19.0 Å². The van der Waals surface area contributed by atoms with E-state index in [4.69, 9.17) is 14.5 Å². The number of amides is 2. The Morgan fingerprint density at radius 1 is 1.20 bits per heavy atom. The zero-order valence-corrected chi connectivity index (χ0v) is 26.8. The van der Waals surface area contributed by atoms with E-state index in [-0.39, 0.29) is 54.4 Å². The van der Waals surface area contributed by atoms with Crippen LogP contribution in [0.3, 0.4) is 0 Å². The molecule has 46 heavy (non-hydrogen) atoms. The second kappa shape index (κ2) is 11.5. The van der Waals surface area contributed by atoms with Gasteiger partial charge in [0.2, 0.25) is 5.91 Å². The van der Waals surface area contributed by atoms with Crippen LogP contribution in [0.5, 0.6) is 0 Å². The quantitative estimate of drug-likeness (QED) is 0.201. The lowest BCUT2D eigenvalue weighted by Crippen LogP contribution is -2.44. The lowest BCUT2D eigenvalue weighted by atomic mass is 9.81. The number of fused-ring (bicyclic) bond motifs is 5. The van der Waals surface area contributed by atoms with Crippen LogP contribution < -0.4 is 16.2 Å². The highest BCUT2D eigenvalue weighted by atomic mass is 19.1. The van der Waals surface area contributed by atoms with Gasteiger partial charge in [0.15, 0.2) is 5.60 Å². The van der Waals surface area contributed by atoms with Crippen molar-refractivity contribution < 1.29 is 33.4 Å². The summed E-state index contributed by atoms with van der Waals surface area (Å²) in [5, 5.41) is 17.9. The fraction of sp³-hybridized carbons (Fsp3) is 0.500. The number of rotatable bonds is 7. The first kappa shape index (κ1) is 31.7. The van der Waals surface area contributed by atoms with E-state index in [9.17, 15) is 24.3 Å². The predicted molar refractivity (Wildman–Crippen MR) is 167 cm³/mol. The summed E-state index contributed by atoms with van der Waals surface area (Å²) in [7, 11) is 0. The molecule has 2 aromatic heterocycles. The Balaban J connectivity index is 1.32. The topological polar surface area (TPSA) is 149 Å². The van der Waals surface area contributed by atoms with Crippen molar-refractivity contribution in [3.05, 3.63) is 61.7 Å². The summed E-state index contributed by atoms with van der Waals surface area (Å²) < 4.78 is 27.1. The Kier molecular flexibility index (Phi) is 7.90. The third-order valence-corrected chi connectivity index (χ3v) is 9.21. The van der Waals surface area contributed by atoms with Crippen LogP contribution in [0.2, 0.25) is 0 Å². The van der Waals surface area contributed by atoms with Crippen molar-refractivity contribution in [2.45, 2.75) is 104 Å². The number of ether oxygens (including phenoxy) is 2. The molecule has 3 aliphatic rings. The van der Waals surface area contributed by atoms with Gasteiger partial charge in [-0.3, -0.25) is 9.59 Å². The summed E-state index contributed by atoms with van der Waals surface area (Å²) >= 11 is 0. The highest BCUT2D eigenvalue weighted by molar-refractivity contribution is 5.94. The van der Waals surface area contributed by atoms with Crippen LogP contribution in [0.1, 0.15) is 99.2 Å². The Morgan fingerprint density at radius 2 is 1.96 bits per heavy atom. The van der Waals surface area contributed by atoms with Crippen molar-refractivity contribution in [3.8, 4) is 11.4 Å². The summed E-state index contributed by atoms with van der Waals surface area (Å²) in [6.45, 7) is 9.06. The first-order valence-corrected chi connectivity index (χ1v) is 15.8. The minimum atomic E-state index is -1.97. The van der Waals surface area contributed by atoms with Gasteiger partial charge < -0.3 is 29.8 Å². The molecule has 0 spiro atoms. The van der Waals surface area contributed by atoms with E-state index in [0.717, 1.165) is 22.1 Å². The number of pyridine rings is 2. The number of hydrogen-bond donors (Lipinski definition) is 3. The van der Waals surface area contributed by atoms with Gasteiger partial charge in [-0.05, 0) is 82.6 Å². The highest BCUT2D eigenvalue weighted by Crippen LogP contribution is 2.46. The number of unbranched alkanes of at least 4 members (excludes halogenated alkanes) is 1. The van der Waals surface area contributed by atoms with Crippen LogP contribution in [0, 0.1) is 12.7 Å². The zero-order valence-electron chi connectivity index (χ0n) is 26.8.